The van der Waals surface area contributed by atoms with Crippen LogP contribution in [-0.4, -0.2) is 22.8 Å². The first-order chi connectivity index (χ1) is 12.6. The van der Waals surface area contributed by atoms with Crippen LogP contribution in [0.2, 0.25) is 5.02 Å². The minimum absolute atomic E-state index is 0.0421. The zero-order valence-electron chi connectivity index (χ0n) is 14.3. The number of fused-ring (bicyclic) bond motifs is 1. The molecule has 1 fully saturated rings. The number of hydrogen-bond acceptors (Lipinski definition) is 4. The number of anilines is 2. The minimum Gasteiger partial charge on any atom is -0.300 e. The zero-order chi connectivity index (χ0) is 18.1. The molecular formula is C19H20ClN3O2S. The SMILES string of the molecule is O=C(Nc1nccs1)C(CC1CCCC1)N1C(=O)Cc2cc(Cl)ccc21. The molecule has 1 saturated carbocycles. The Labute approximate surface area is 161 Å². The molecule has 2 amide bonds. The maximum absolute atomic E-state index is 13.0. The third kappa shape index (κ3) is 3.48. The first kappa shape index (κ1) is 17.5. The Balaban J connectivity index is 1.63. The van der Waals surface area contributed by atoms with Crippen molar-refractivity contribution in [1.82, 2.24) is 4.98 Å². The molecule has 1 aromatic heterocycles. The number of thiazole rings is 1. The second kappa shape index (κ2) is 7.37. The van der Waals surface area contributed by atoms with Crippen molar-refractivity contribution >= 4 is 45.6 Å². The van der Waals surface area contributed by atoms with E-state index in [9.17, 15) is 9.59 Å². The highest BCUT2D eigenvalue weighted by Crippen LogP contribution is 2.37. The van der Waals surface area contributed by atoms with Crippen LogP contribution in [0.25, 0.3) is 0 Å². The molecule has 0 saturated heterocycles. The number of carbonyl (C=O) groups is 2. The van der Waals surface area contributed by atoms with Crippen LogP contribution in [0.5, 0.6) is 0 Å². The van der Waals surface area contributed by atoms with Crippen LogP contribution in [0.1, 0.15) is 37.7 Å². The Morgan fingerprint density at radius 2 is 2.19 bits per heavy atom. The van der Waals surface area contributed by atoms with Gasteiger partial charge in [-0.05, 0) is 36.1 Å². The van der Waals surface area contributed by atoms with E-state index in [4.69, 9.17) is 11.6 Å². The quantitative estimate of drug-likeness (QED) is 0.830. The maximum Gasteiger partial charge on any atom is 0.249 e. The lowest BCUT2D eigenvalue weighted by atomic mass is 9.96. The summed E-state index contributed by atoms with van der Waals surface area (Å²) in [6.07, 6.45) is 7.28. The molecule has 1 aliphatic carbocycles. The van der Waals surface area contributed by atoms with Crippen LogP contribution in [0.4, 0.5) is 10.8 Å². The highest BCUT2D eigenvalue weighted by atomic mass is 35.5. The van der Waals surface area contributed by atoms with E-state index in [1.807, 2.05) is 17.5 Å². The van der Waals surface area contributed by atoms with Gasteiger partial charge in [-0.15, -0.1) is 11.3 Å². The molecule has 2 heterocycles. The van der Waals surface area contributed by atoms with Gasteiger partial charge in [0.15, 0.2) is 5.13 Å². The van der Waals surface area contributed by atoms with Crippen molar-refractivity contribution in [1.29, 1.82) is 0 Å². The second-order valence-corrected chi connectivity index (χ2v) is 8.27. The van der Waals surface area contributed by atoms with Crippen molar-refractivity contribution in [3.8, 4) is 0 Å². The molecule has 1 unspecified atom stereocenters. The first-order valence-electron chi connectivity index (χ1n) is 8.92. The van der Waals surface area contributed by atoms with Crippen molar-refractivity contribution in [2.75, 3.05) is 10.2 Å². The van der Waals surface area contributed by atoms with Crippen LogP contribution in [0, 0.1) is 5.92 Å². The van der Waals surface area contributed by atoms with Gasteiger partial charge in [-0.1, -0.05) is 37.3 Å². The Morgan fingerprint density at radius 3 is 2.92 bits per heavy atom. The van der Waals surface area contributed by atoms with Gasteiger partial charge >= 0.3 is 0 Å². The number of carbonyl (C=O) groups excluding carboxylic acids is 2. The van der Waals surface area contributed by atoms with Crippen molar-refractivity contribution in [3.05, 3.63) is 40.4 Å². The number of benzene rings is 1. The van der Waals surface area contributed by atoms with Crippen molar-refractivity contribution in [2.45, 2.75) is 44.6 Å². The monoisotopic (exact) mass is 389 g/mol. The minimum atomic E-state index is -0.517. The van der Waals surface area contributed by atoms with Gasteiger partial charge < -0.3 is 5.32 Å². The lowest BCUT2D eigenvalue weighted by Gasteiger charge is -2.29. The molecule has 2 aliphatic rings. The molecule has 0 radical (unpaired) electrons. The van der Waals surface area contributed by atoms with E-state index in [2.05, 4.69) is 10.3 Å². The van der Waals surface area contributed by atoms with E-state index in [1.165, 1.54) is 24.2 Å². The predicted molar refractivity (Wildman–Crippen MR) is 104 cm³/mol. The van der Waals surface area contributed by atoms with E-state index >= 15 is 0 Å². The van der Waals surface area contributed by atoms with Gasteiger partial charge in [-0.2, -0.15) is 0 Å². The largest absolute Gasteiger partial charge is 0.300 e. The summed E-state index contributed by atoms with van der Waals surface area (Å²) in [4.78, 5) is 31.6. The summed E-state index contributed by atoms with van der Waals surface area (Å²) in [5, 5.41) is 5.88. The average molecular weight is 390 g/mol. The standard InChI is InChI=1S/C19H20ClN3O2S/c20-14-5-6-15-13(10-14)11-17(24)23(15)16(9-12-3-1-2-4-12)18(25)22-19-21-7-8-26-19/h5-8,10,12,16H,1-4,9,11H2,(H,21,22,25). The molecule has 1 aromatic carbocycles. The summed E-state index contributed by atoms with van der Waals surface area (Å²) >= 11 is 7.46. The Morgan fingerprint density at radius 1 is 1.38 bits per heavy atom. The third-order valence-electron chi connectivity index (χ3n) is 5.22. The number of hydrogen-bond donors (Lipinski definition) is 1. The summed E-state index contributed by atoms with van der Waals surface area (Å²) in [5.41, 5.74) is 1.69. The van der Waals surface area contributed by atoms with Gasteiger partial charge in [-0.25, -0.2) is 4.98 Å². The van der Waals surface area contributed by atoms with E-state index in [0.717, 1.165) is 24.1 Å². The summed E-state index contributed by atoms with van der Waals surface area (Å²) in [6.45, 7) is 0. The average Bonchev–Trinajstić information content (AvgIpc) is 3.33. The number of halogens is 1. The second-order valence-electron chi connectivity index (χ2n) is 6.94. The molecule has 26 heavy (non-hydrogen) atoms. The van der Waals surface area contributed by atoms with Gasteiger partial charge in [0, 0.05) is 22.3 Å². The lowest BCUT2D eigenvalue weighted by molar-refractivity contribution is -0.123. The number of nitrogens with zero attached hydrogens (tertiary/aromatic N) is 2. The Bertz CT molecular complexity index is 818. The third-order valence-corrected chi connectivity index (χ3v) is 6.14. The zero-order valence-corrected chi connectivity index (χ0v) is 15.9. The first-order valence-corrected chi connectivity index (χ1v) is 10.2. The van der Waals surface area contributed by atoms with Gasteiger partial charge in [0.05, 0.1) is 6.42 Å². The van der Waals surface area contributed by atoms with Crippen molar-refractivity contribution in [2.24, 2.45) is 5.92 Å². The van der Waals surface area contributed by atoms with Gasteiger partial charge in [0.2, 0.25) is 11.8 Å². The fourth-order valence-corrected chi connectivity index (χ4v) is 4.75. The number of amides is 2. The van der Waals surface area contributed by atoms with Crippen molar-refractivity contribution in [3.63, 3.8) is 0 Å². The smallest absolute Gasteiger partial charge is 0.249 e. The molecule has 1 aliphatic heterocycles. The number of aromatic nitrogens is 1. The van der Waals surface area contributed by atoms with E-state index in [-0.39, 0.29) is 11.8 Å². The predicted octanol–water partition coefficient (Wildman–Crippen LogP) is 4.27. The Kier molecular flexibility index (Phi) is 4.96. The normalized spacial score (nSPS) is 18.2. The van der Waals surface area contributed by atoms with E-state index in [0.29, 0.717) is 28.9 Å². The van der Waals surface area contributed by atoms with Gasteiger partial charge in [-0.3, -0.25) is 14.5 Å². The summed E-state index contributed by atoms with van der Waals surface area (Å²) in [5.74, 6) is 0.272. The molecule has 136 valence electrons. The van der Waals surface area contributed by atoms with E-state index in [1.54, 1.807) is 17.2 Å². The fourth-order valence-electron chi connectivity index (χ4n) is 4.02. The lowest BCUT2D eigenvalue weighted by Crippen LogP contribution is -2.47. The van der Waals surface area contributed by atoms with Crippen LogP contribution in [0.3, 0.4) is 0 Å². The number of rotatable bonds is 5. The molecule has 2 aromatic rings. The highest BCUT2D eigenvalue weighted by Gasteiger charge is 2.38. The summed E-state index contributed by atoms with van der Waals surface area (Å²) < 4.78 is 0. The molecule has 7 heteroatoms. The molecule has 1 atom stereocenters. The molecule has 4 rings (SSSR count). The summed E-state index contributed by atoms with van der Waals surface area (Å²) in [7, 11) is 0. The van der Waals surface area contributed by atoms with Gasteiger partial charge in [0.25, 0.3) is 0 Å². The van der Waals surface area contributed by atoms with Crippen LogP contribution in [-0.2, 0) is 16.0 Å². The van der Waals surface area contributed by atoms with Gasteiger partial charge in [0.1, 0.15) is 6.04 Å². The van der Waals surface area contributed by atoms with Crippen LogP contribution >= 0.6 is 22.9 Å². The van der Waals surface area contributed by atoms with E-state index < -0.39 is 6.04 Å². The maximum atomic E-state index is 13.0. The van der Waals surface area contributed by atoms with Crippen molar-refractivity contribution < 1.29 is 9.59 Å². The highest BCUT2D eigenvalue weighted by molar-refractivity contribution is 7.13. The summed E-state index contributed by atoms with van der Waals surface area (Å²) in [6, 6.07) is 4.93. The Hall–Kier alpha value is -1.92. The van der Waals surface area contributed by atoms with Crippen LogP contribution < -0.4 is 10.2 Å². The fraction of sp³-hybridized carbons (Fsp3) is 0.421. The molecule has 0 bridgehead atoms. The molecule has 5 nitrogen and oxygen atoms in total. The molecular weight excluding hydrogens is 370 g/mol. The molecule has 1 N–H and O–H groups in total. The topological polar surface area (TPSA) is 62.3 Å². The number of nitrogens with one attached hydrogen (secondary N) is 1. The van der Waals surface area contributed by atoms with Crippen LogP contribution in [0.15, 0.2) is 29.8 Å². The molecule has 0 spiro atoms.